The highest BCUT2D eigenvalue weighted by Crippen LogP contribution is 2.20. The summed E-state index contributed by atoms with van der Waals surface area (Å²) in [5.41, 5.74) is 5.85. The van der Waals surface area contributed by atoms with Gasteiger partial charge < -0.3 is 10.6 Å². The first-order chi connectivity index (χ1) is 7.04. The first-order valence-corrected chi connectivity index (χ1v) is 6.08. The molecule has 0 bridgehead atoms. The summed E-state index contributed by atoms with van der Waals surface area (Å²) in [7, 11) is 0. The van der Waals surface area contributed by atoms with E-state index in [9.17, 15) is 4.79 Å². The summed E-state index contributed by atoms with van der Waals surface area (Å²) >= 11 is 0. The average molecular weight is 212 g/mol. The summed E-state index contributed by atoms with van der Waals surface area (Å²) in [6.07, 6.45) is 2.85. The molecule has 0 aromatic heterocycles. The molecule has 3 nitrogen and oxygen atoms in total. The number of likely N-dealkylation sites (tertiary alicyclic amines) is 1. The molecule has 1 aliphatic rings. The second kappa shape index (κ2) is 5.50. The molecule has 0 radical (unpaired) electrons. The Morgan fingerprint density at radius 2 is 2.20 bits per heavy atom. The Morgan fingerprint density at radius 1 is 1.53 bits per heavy atom. The lowest BCUT2D eigenvalue weighted by atomic mass is 10.0. The number of rotatable bonds is 4. The molecule has 1 fully saturated rings. The van der Waals surface area contributed by atoms with Gasteiger partial charge in [0.05, 0.1) is 0 Å². The standard InChI is InChI=1S/C12H24N2O/c1-4-9(2)7-12(15)14-6-5-11(8-14)10(3)13/h9-11H,4-8,13H2,1-3H3. The Morgan fingerprint density at radius 3 is 2.67 bits per heavy atom. The van der Waals surface area contributed by atoms with Crippen molar-refractivity contribution in [2.45, 2.75) is 46.1 Å². The molecular weight excluding hydrogens is 188 g/mol. The first kappa shape index (κ1) is 12.5. The zero-order valence-corrected chi connectivity index (χ0v) is 10.2. The van der Waals surface area contributed by atoms with Gasteiger partial charge in [0.25, 0.3) is 0 Å². The summed E-state index contributed by atoms with van der Waals surface area (Å²) in [6, 6.07) is 0.214. The molecule has 3 atom stereocenters. The first-order valence-electron chi connectivity index (χ1n) is 6.08. The number of hydrogen-bond donors (Lipinski definition) is 1. The monoisotopic (exact) mass is 212 g/mol. The largest absolute Gasteiger partial charge is 0.342 e. The molecule has 0 aliphatic carbocycles. The topological polar surface area (TPSA) is 46.3 Å². The van der Waals surface area contributed by atoms with Crippen molar-refractivity contribution in [3.05, 3.63) is 0 Å². The van der Waals surface area contributed by atoms with Crippen molar-refractivity contribution in [3.8, 4) is 0 Å². The number of nitrogens with two attached hydrogens (primary N) is 1. The van der Waals surface area contributed by atoms with E-state index in [4.69, 9.17) is 5.73 Å². The van der Waals surface area contributed by atoms with E-state index in [1.807, 2.05) is 11.8 Å². The highest BCUT2D eigenvalue weighted by atomic mass is 16.2. The molecule has 3 unspecified atom stereocenters. The summed E-state index contributed by atoms with van der Waals surface area (Å²) < 4.78 is 0. The fraction of sp³-hybridized carbons (Fsp3) is 0.917. The highest BCUT2D eigenvalue weighted by Gasteiger charge is 2.28. The van der Waals surface area contributed by atoms with Gasteiger partial charge in [0.1, 0.15) is 0 Å². The van der Waals surface area contributed by atoms with Crippen LogP contribution < -0.4 is 5.73 Å². The third-order valence-corrected chi connectivity index (χ3v) is 3.54. The summed E-state index contributed by atoms with van der Waals surface area (Å²) in [4.78, 5) is 13.9. The van der Waals surface area contributed by atoms with E-state index in [2.05, 4.69) is 13.8 Å². The molecule has 15 heavy (non-hydrogen) atoms. The zero-order valence-electron chi connectivity index (χ0n) is 10.2. The van der Waals surface area contributed by atoms with Crippen LogP contribution in [-0.2, 0) is 4.79 Å². The van der Waals surface area contributed by atoms with Crippen LogP contribution in [0.15, 0.2) is 0 Å². The molecule has 2 N–H and O–H groups in total. The van der Waals surface area contributed by atoms with E-state index in [1.54, 1.807) is 0 Å². The molecule has 3 heteroatoms. The third-order valence-electron chi connectivity index (χ3n) is 3.54. The molecule has 0 aromatic carbocycles. The lowest BCUT2D eigenvalue weighted by Gasteiger charge is -2.19. The van der Waals surface area contributed by atoms with Crippen molar-refractivity contribution in [3.63, 3.8) is 0 Å². The minimum absolute atomic E-state index is 0.214. The van der Waals surface area contributed by atoms with Crippen molar-refractivity contribution < 1.29 is 4.79 Å². The number of nitrogens with zero attached hydrogens (tertiary/aromatic N) is 1. The van der Waals surface area contributed by atoms with Crippen LogP contribution in [0.25, 0.3) is 0 Å². The quantitative estimate of drug-likeness (QED) is 0.769. The van der Waals surface area contributed by atoms with Gasteiger partial charge in [-0.05, 0) is 25.2 Å². The van der Waals surface area contributed by atoms with Gasteiger partial charge in [-0.3, -0.25) is 4.79 Å². The average Bonchev–Trinajstić information content (AvgIpc) is 2.66. The van der Waals surface area contributed by atoms with Crippen LogP contribution in [0.4, 0.5) is 0 Å². The van der Waals surface area contributed by atoms with E-state index in [1.165, 1.54) is 0 Å². The van der Waals surface area contributed by atoms with Gasteiger partial charge in [0.2, 0.25) is 5.91 Å². The van der Waals surface area contributed by atoms with Gasteiger partial charge in [-0.2, -0.15) is 0 Å². The van der Waals surface area contributed by atoms with Gasteiger partial charge in [0, 0.05) is 25.6 Å². The Balaban J connectivity index is 2.36. The van der Waals surface area contributed by atoms with E-state index in [0.717, 1.165) is 25.9 Å². The molecule has 1 aliphatic heterocycles. The molecular formula is C12H24N2O. The van der Waals surface area contributed by atoms with Crippen LogP contribution in [0.3, 0.4) is 0 Å². The molecule has 1 amide bonds. The normalized spacial score (nSPS) is 25.3. The molecule has 1 heterocycles. The molecule has 88 valence electrons. The predicted octanol–water partition coefficient (Wildman–Crippen LogP) is 1.62. The Bertz CT molecular complexity index is 216. The van der Waals surface area contributed by atoms with Crippen LogP contribution in [0.2, 0.25) is 0 Å². The lowest BCUT2D eigenvalue weighted by Crippen LogP contribution is -2.33. The van der Waals surface area contributed by atoms with Crippen LogP contribution >= 0.6 is 0 Å². The number of carbonyl (C=O) groups excluding carboxylic acids is 1. The van der Waals surface area contributed by atoms with Crippen molar-refractivity contribution in [1.82, 2.24) is 4.90 Å². The number of hydrogen-bond acceptors (Lipinski definition) is 2. The van der Waals surface area contributed by atoms with E-state index >= 15 is 0 Å². The summed E-state index contributed by atoms with van der Waals surface area (Å²) in [5.74, 6) is 1.32. The maximum atomic E-state index is 11.9. The van der Waals surface area contributed by atoms with Crippen molar-refractivity contribution >= 4 is 5.91 Å². The summed E-state index contributed by atoms with van der Waals surface area (Å²) in [5, 5.41) is 0. The molecule has 0 aromatic rings. The highest BCUT2D eigenvalue weighted by molar-refractivity contribution is 5.76. The Labute approximate surface area is 93.0 Å². The maximum absolute atomic E-state index is 11.9. The smallest absolute Gasteiger partial charge is 0.222 e. The van der Waals surface area contributed by atoms with Crippen LogP contribution in [-0.4, -0.2) is 29.9 Å². The molecule has 1 saturated heterocycles. The Kier molecular flexibility index (Phi) is 4.58. The minimum Gasteiger partial charge on any atom is -0.342 e. The van der Waals surface area contributed by atoms with Crippen molar-refractivity contribution in [2.24, 2.45) is 17.6 Å². The molecule has 0 spiro atoms. The number of carbonyl (C=O) groups is 1. The second-order valence-corrected chi connectivity index (χ2v) is 4.97. The van der Waals surface area contributed by atoms with Gasteiger partial charge in [-0.25, -0.2) is 0 Å². The number of amides is 1. The van der Waals surface area contributed by atoms with Crippen LogP contribution in [0, 0.1) is 11.8 Å². The minimum atomic E-state index is 0.214. The van der Waals surface area contributed by atoms with E-state index in [-0.39, 0.29) is 6.04 Å². The fourth-order valence-corrected chi connectivity index (χ4v) is 2.01. The molecule has 0 saturated carbocycles. The predicted molar refractivity (Wildman–Crippen MR) is 62.4 cm³/mol. The van der Waals surface area contributed by atoms with Crippen LogP contribution in [0.5, 0.6) is 0 Å². The van der Waals surface area contributed by atoms with Crippen molar-refractivity contribution in [1.29, 1.82) is 0 Å². The maximum Gasteiger partial charge on any atom is 0.222 e. The van der Waals surface area contributed by atoms with Gasteiger partial charge >= 0.3 is 0 Å². The molecule has 1 rings (SSSR count). The van der Waals surface area contributed by atoms with Crippen LogP contribution in [0.1, 0.15) is 40.0 Å². The second-order valence-electron chi connectivity index (χ2n) is 4.97. The van der Waals surface area contributed by atoms with E-state index in [0.29, 0.717) is 24.2 Å². The van der Waals surface area contributed by atoms with Gasteiger partial charge in [-0.15, -0.1) is 0 Å². The zero-order chi connectivity index (χ0) is 11.4. The fourth-order valence-electron chi connectivity index (χ4n) is 2.01. The summed E-state index contributed by atoms with van der Waals surface area (Å²) in [6.45, 7) is 8.07. The SMILES string of the molecule is CCC(C)CC(=O)N1CCC(C(C)N)C1. The lowest BCUT2D eigenvalue weighted by molar-refractivity contribution is -0.131. The third kappa shape index (κ3) is 3.49. The Hall–Kier alpha value is -0.570. The van der Waals surface area contributed by atoms with Gasteiger partial charge in [0.15, 0.2) is 0 Å². The van der Waals surface area contributed by atoms with Crippen molar-refractivity contribution in [2.75, 3.05) is 13.1 Å². The van der Waals surface area contributed by atoms with Gasteiger partial charge in [-0.1, -0.05) is 20.3 Å². The van der Waals surface area contributed by atoms with E-state index < -0.39 is 0 Å².